The van der Waals surface area contributed by atoms with Crippen molar-refractivity contribution in [2.75, 3.05) is 40.4 Å². The molecule has 1 N–H and O–H groups in total. The van der Waals surface area contributed by atoms with E-state index >= 15 is 0 Å². The lowest BCUT2D eigenvalue weighted by molar-refractivity contribution is -0.142. The first-order valence-electron chi connectivity index (χ1n) is 14.9. The van der Waals surface area contributed by atoms with E-state index < -0.39 is 11.9 Å². The average molecular weight is 596 g/mol. The van der Waals surface area contributed by atoms with Gasteiger partial charge in [-0.05, 0) is 80.0 Å². The highest BCUT2D eigenvalue weighted by Crippen LogP contribution is 2.31. The van der Waals surface area contributed by atoms with E-state index in [1.54, 1.807) is 49.5 Å². The summed E-state index contributed by atoms with van der Waals surface area (Å²) >= 11 is 0. The maximum Gasteiger partial charge on any atom is 0.247 e. The van der Waals surface area contributed by atoms with E-state index in [1.807, 2.05) is 0 Å². The minimum atomic E-state index is -0.931. The number of benzene rings is 2. The van der Waals surface area contributed by atoms with Gasteiger partial charge in [0.25, 0.3) is 0 Å². The molecule has 0 radical (unpaired) electrons. The molecule has 0 spiro atoms. The van der Waals surface area contributed by atoms with Gasteiger partial charge in [-0.2, -0.15) is 4.80 Å². The number of nitrogens with one attached hydrogen (secondary N) is 1. The Morgan fingerprint density at radius 1 is 1.02 bits per heavy atom. The molecule has 12 heteroatoms. The second-order valence-electron chi connectivity index (χ2n) is 10.6. The van der Waals surface area contributed by atoms with Gasteiger partial charge in [0, 0.05) is 18.2 Å². The number of tetrazole rings is 1. The summed E-state index contributed by atoms with van der Waals surface area (Å²) in [4.78, 5) is 32.8. The first-order valence-corrected chi connectivity index (χ1v) is 14.9. The molecule has 3 aromatic rings. The Balaban J connectivity index is 1.61. The molecule has 0 unspecified atom stereocenters. The standard InChI is InChI=1S/C31H42FN7O4/c1-5-37(6-2)18-9-19-38(29(22-12-15-24(32)16-13-22)31(41)33-25-10-7-8-11-25)28(40)21-39-35-30(34-36-39)23-14-17-26(42-3)27(20-23)43-4/h12-17,20,25,29H,5-11,18-19,21H2,1-4H3,(H,33,41)/t29-/m1/s1. The van der Waals surface area contributed by atoms with Gasteiger partial charge < -0.3 is 24.6 Å². The molecule has 2 amide bonds. The van der Waals surface area contributed by atoms with Crippen LogP contribution < -0.4 is 14.8 Å². The van der Waals surface area contributed by atoms with E-state index in [2.05, 4.69) is 39.5 Å². The Hall–Kier alpha value is -4.06. The fraction of sp³-hybridized carbons (Fsp3) is 0.516. The quantitative estimate of drug-likeness (QED) is 0.282. The van der Waals surface area contributed by atoms with E-state index in [-0.39, 0.29) is 24.4 Å². The molecule has 232 valence electrons. The molecule has 2 aromatic carbocycles. The van der Waals surface area contributed by atoms with Crippen molar-refractivity contribution in [3.8, 4) is 22.9 Å². The Morgan fingerprint density at radius 3 is 2.37 bits per heavy atom. The molecule has 1 aliphatic rings. The molecular formula is C31H42FN7O4. The van der Waals surface area contributed by atoms with Crippen LogP contribution in [0, 0.1) is 5.82 Å². The molecule has 1 heterocycles. The van der Waals surface area contributed by atoms with E-state index in [0.717, 1.165) is 45.3 Å². The van der Waals surface area contributed by atoms with Gasteiger partial charge in [-0.25, -0.2) is 4.39 Å². The third-order valence-corrected chi connectivity index (χ3v) is 7.91. The van der Waals surface area contributed by atoms with Gasteiger partial charge in [0.05, 0.1) is 14.2 Å². The van der Waals surface area contributed by atoms with Crippen molar-refractivity contribution in [1.82, 2.24) is 35.3 Å². The van der Waals surface area contributed by atoms with Gasteiger partial charge in [0.15, 0.2) is 11.5 Å². The highest BCUT2D eigenvalue weighted by molar-refractivity contribution is 5.89. The number of methoxy groups -OCH3 is 2. The van der Waals surface area contributed by atoms with Crippen LogP contribution in [0.3, 0.4) is 0 Å². The Kier molecular flexibility index (Phi) is 11.4. The van der Waals surface area contributed by atoms with Crippen LogP contribution in [0.4, 0.5) is 4.39 Å². The minimum absolute atomic E-state index is 0.0594. The van der Waals surface area contributed by atoms with Crippen LogP contribution in [-0.4, -0.2) is 88.3 Å². The normalized spacial score (nSPS) is 14.1. The summed E-state index contributed by atoms with van der Waals surface area (Å²) in [5.74, 6) is 0.376. The number of amides is 2. The zero-order chi connectivity index (χ0) is 30.8. The van der Waals surface area contributed by atoms with Crippen LogP contribution in [0.5, 0.6) is 11.5 Å². The molecular weight excluding hydrogens is 553 g/mol. The summed E-state index contributed by atoms with van der Waals surface area (Å²) in [5.41, 5.74) is 1.19. The predicted octanol–water partition coefficient (Wildman–Crippen LogP) is 3.86. The summed E-state index contributed by atoms with van der Waals surface area (Å²) < 4.78 is 24.6. The Morgan fingerprint density at radius 2 is 1.72 bits per heavy atom. The second kappa shape index (κ2) is 15.4. The van der Waals surface area contributed by atoms with Crippen LogP contribution in [0.25, 0.3) is 11.4 Å². The van der Waals surface area contributed by atoms with E-state index in [0.29, 0.717) is 41.4 Å². The fourth-order valence-corrected chi connectivity index (χ4v) is 5.48. The molecule has 1 aromatic heterocycles. The zero-order valence-electron chi connectivity index (χ0n) is 25.5. The third-order valence-electron chi connectivity index (χ3n) is 7.91. The van der Waals surface area contributed by atoms with Crippen LogP contribution in [0.1, 0.15) is 57.6 Å². The zero-order valence-corrected chi connectivity index (χ0v) is 25.5. The highest BCUT2D eigenvalue weighted by Gasteiger charge is 2.33. The van der Waals surface area contributed by atoms with Gasteiger partial charge in [0.2, 0.25) is 17.6 Å². The second-order valence-corrected chi connectivity index (χ2v) is 10.6. The number of halogens is 1. The summed E-state index contributed by atoms with van der Waals surface area (Å²) in [6, 6.07) is 10.2. The molecule has 1 aliphatic carbocycles. The van der Waals surface area contributed by atoms with Crippen LogP contribution >= 0.6 is 0 Å². The molecule has 1 atom stereocenters. The van der Waals surface area contributed by atoms with Crippen molar-refractivity contribution in [2.45, 2.75) is 64.6 Å². The van der Waals surface area contributed by atoms with E-state index in [4.69, 9.17) is 9.47 Å². The molecule has 0 bridgehead atoms. The van der Waals surface area contributed by atoms with Crippen molar-refractivity contribution in [3.05, 3.63) is 53.8 Å². The van der Waals surface area contributed by atoms with Gasteiger partial charge >= 0.3 is 0 Å². The number of ether oxygens (including phenoxy) is 2. The molecule has 0 saturated heterocycles. The lowest BCUT2D eigenvalue weighted by atomic mass is 10.0. The molecule has 1 saturated carbocycles. The maximum absolute atomic E-state index is 14.0. The Labute approximate surface area is 252 Å². The van der Waals surface area contributed by atoms with Crippen LogP contribution in [0.15, 0.2) is 42.5 Å². The van der Waals surface area contributed by atoms with Gasteiger partial charge in [0.1, 0.15) is 18.4 Å². The number of carbonyl (C=O) groups is 2. The monoisotopic (exact) mass is 595 g/mol. The Bertz CT molecular complexity index is 1340. The third kappa shape index (κ3) is 8.28. The van der Waals surface area contributed by atoms with Crippen molar-refractivity contribution < 1.29 is 23.5 Å². The molecule has 11 nitrogen and oxygen atoms in total. The lowest BCUT2D eigenvalue weighted by Gasteiger charge is -2.33. The maximum atomic E-state index is 14.0. The summed E-state index contributed by atoms with van der Waals surface area (Å²) in [6.07, 6.45) is 4.57. The van der Waals surface area contributed by atoms with E-state index in [9.17, 15) is 14.0 Å². The van der Waals surface area contributed by atoms with Crippen LogP contribution in [0.2, 0.25) is 0 Å². The van der Waals surface area contributed by atoms with Crippen molar-refractivity contribution in [3.63, 3.8) is 0 Å². The van der Waals surface area contributed by atoms with Crippen molar-refractivity contribution >= 4 is 11.8 Å². The number of hydrogen-bond acceptors (Lipinski definition) is 8. The van der Waals surface area contributed by atoms with Gasteiger partial charge in [-0.3, -0.25) is 9.59 Å². The summed E-state index contributed by atoms with van der Waals surface area (Å²) in [7, 11) is 3.10. The van der Waals surface area contributed by atoms with E-state index in [1.165, 1.54) is 16.9 Å². The molecule has 4 rings (SSSR count). The largest absolute Gasteiger partial charge is 0.493 e. The smallest absolute Gasteiger partial charge is 0.247 e. The number of rotatable bonds is 15. The summed E-state index contributed by atoms with van der Waals surface area (Å²) in [6.45, 7) is 6.82. The van der Waals surface area contributed by atoms with Crippen molar-refractivity contribution in [1.29, 1.82) is 0 Å². The first-order chi connectivity index (χ1) is 20.9. The fourth-order valence-electron chi connectivity index (χ4n) is 5.48. The van der Waals surface area contributed by atoms with Gasteiger partial charge in [-0.15, -0.1) is 10.2 Å². The summed E-state index contributed by atoms with van der Waals surface area (Å²) in [5, 5.41) is 15.8. The number of aromatic nitrogens is 4. The van der Waals surface area contributed by atoms with Crippen LogP contribution in [-0.2, 0) is 16.1 Å². The number of hydrogen-bond donors (Lipinski definition) is 1. The SMILES string of the molecule is CCN(CC)CCCN(C(=O)Cn1nnc(-c2ccc(OC)c(OC)c2)n1)[C@@H](C(=O)NC1CCCC1)c1ccc(F)cc1. The predicted molar refractivity (Wildman–Crippen MR) is 160 cm³/mol. The average Bonchev–Trinajstić information content (AvgIpc) is 3.71. The lowest BCUT2D eigenvalue weighted by Crippen LogP contribution is -2.48. The first kappa shape index (κ1) is 31.9. The minimum Gasteiger partial charge on any atom is -0.493 e. The van der Waals surface area contributed by atoms with Gasteiger partial charge in [-0.1, -0.05) is 38.8 Å². The topological polar surface area (TPSA) is 115 Å². The molecule has 1 fully saturated rings. The van der Waals surface area contributed by atoms with Crippen molar-refractivity contribution in [2.24, 2.45) is 0 Å². The number of nitrogens with zero attached hydrogens (tertiary/aromatic N) is 6. The molecule has 43 heavy (non-hydrogen) atoms. The number of carbonyl (C=O) groups excluding carboxylic acids is 2. The highest BCUT2D eigenvalue weighted by atomic mass is 19.1. The molecule has 0 aliphatic heterocycles.